The molecule has 0 saturated carbocycles. The third kappa shape index (κ3) is 8.03. The zero-order valence-electron chi connectivity index (χ0n) is 17.0. The summed E-state index contributed by atoms with van der Waals surface area (Å²) in [6, 6.07) is 10.3. The van der Waals surface area contributed by atoms with Gasteiger partial charge in [-0.25, -0.2) is 0 Å². The zero-order chi connectivity index (χ0) is 18.9. The molecule has 3 nitrogen and oxygen atoms in total. The Morgan fingerprint density at radius 3 is 2.28 bits per heavy atom. The number of rotatable bonds is 11. The molecule has 0 amide bonds. The van der Waals surface area contributed by atoms with Crippen molar-refractivity contribution in [3.8, 4) is 0 Å². The van der Waals surface area contributed by atoms with Gasteiger partial charge in [0.15, 0.2) is 8.32 Å². The first-order chi connectivity index (χ1) is 11.7. The van der Waals surface area contributed by atoms with E-state index in [0.717, 1.165) is 25.9 Å². The molecule has 0 aliphatic heterocycles. The second kappa shape index (κ2) is 10.5. The number of hydrogen-bond acceptors (Lipinski definition) is 3. The van der Waals surface area contributed by atoms with Crippen molar-refractivity contribution in [1.82, 2.24) is 0 Å². The van der Waals surface area contributed by atoms with Gasteiger partial charge in [0.05, 0.1) is 6.61 Å². The summed E-state index contributed by atoms with van der Waals surface area (Å²) in [6.07, 6.45) is 3.23. The molecular formula is C21H38O3Si. The number of aliphatic hydroxyl groups excluding tert-OH is 1. The molecule has 1 aromatic carbocycles. The smallest absolute Gasteiger partial charge is 0.192 e. The molecule has 2 atom stereocenters. The maximum atomic E-state index is 9.58. The quantitative estimate of drug-likeness (QED) is 0.421. The third-order valence-electron chi connectivity index (χ3n) is 5.31. The summed E-state index contributed by atoms with van der Waals surface area (Å²) in [7, 11) is -1.81. The highest BCUT2D eigenvalue weighted by molar-refractivity contribution is 6.74. The van der Waals surface area contributed by atoms with Crippen LogP contribution >= 0.6 is 0 Å². The second-order valence-electron chi connectivity index (χ2n) is 8.61. The minimum Gasteiger partial charge on any atom is -0.414 e. The topological polar surface area (TPSA) is 38.7 Å². The highest BCUT2D eigenvalue weighted by Crippen LogP contribution is 2.38. The molecule has 0 saturated heterocycles. The lowest BCUT2D eigenvalue weighted by molar-refractivity contribution is 0.0709. The fourth-order valence-corrected chi connectivity index (χ4v) is 3.91. The molecular weight excluding hydrogens is 328 g/mol. The third-order valence-corrected chi connectivity index (χ3v) is 9.82. The molecule has 1 aromatic rings. The van der Waals surface area contributed by atoms with Crippen molar-refractivity contribution in [1.29, 1.82) is 0 Å². The Balaban J connectivity index is 2.36. The molecule has 0 heterocycles. The van der Waals surface area contributed by atoms with E-state index >= 15 is 0 Å². The van der Waals surface area contributed by atoms with Crippen molar-refractivity contribution >= 4 is 8.32 Å². The molecule has 0 unspecified atom stereocenters. The average molecular weight is 367 g/mol. The average Bonchev–Trinajstić information content (AvgIpc) is 2.56. The van der Waals surface area contributed by atoms with Crippen LogP contribution in [0.15, 0.2) is 30.3 Å². The monoisotopic (exact) mass is 366 g/mol. The van der Waals surface area contributed by atoms with Crippen LogP contribution in [-0.4, -0.2) is 32.7 Å². The Labute approximate surface area is 155 Å². The maximum absolute atomic E-state index is 9.58. The summed E-state index contributed by atoms with van der Waals surface area (Å²) < 4.78 is 12.3. The van der Waals surface area contributed by atoms with Gasteiger partial charge in [0.25, 0.3) is 0 Å². The van der Waals surface area contributed by atoms with Gasteiger partial charge in [0.2, 0.25) is 0 Å². The lowest BCUT2D eigenvalue weighted by atomic mass is 10.0. The van der Waals surface area contributed by atoms with Crippen LogP contribution in [-0.2, 0) is 15.8 Å². The van der Waals surface area contributed by atoms with Crippen LogP contribution in [0.25, 0.3) is 0 Å². The van der Waals surface area contributed by atoms with E-state index in [2.05, 4.69) is 52.9 Å². The van der Waals surface area contributed by atoms with Gasteiger partial charge in [-0.2, -0.15) is 0 Å². The normalized spacial score (nSPS) is 15.2. The van der Waals surface area contributed by atoms with Gasteiger partial charge in [-0.05, 0) is 43.0 Å². The number of hydrogen-bond donors (Lipinski definition) is 1. The summed E-state index contributed by atoms with van der Waals surface area (Å²) in [4.78, 5) is 0. The largest absolute Gasteiger partial charge is 0.414 e. The predicted octanol–water partition coefficient (Wildman–Crippen LogP) is 5.39. The lowest BCUT2D eigenvalue weighted by Gasteiger charge is -2.40. The van der Waals surface area contributed by atoms with Crippen LogP contribution in [0.3, 0.4) is 0 Å². The molecule has 25 heavy (non-hydrogen) atoms. The highest BCUT2D eigenvalue weighted by Gasteiger charge is 2.39. The summed E-state index contributed by atoms with van der Waals surface area (Å²) >= 11 is 0. The molecule has 1 rings (SSSR count). The molecule has 0 fully saturated rings. The molecule has 4 heteroatoms. The summed E-state index contributed by atoms with van der Waals surface area (Å²) in [6.45, 7) is 15.1. The molecule has 0 radical (unpaired) electrons. The van der Waals surface area contributed by atoms with E-state index in [0.29, 0.717) is 6.61 Å². The van der Waals surface area contributed by atoms with Crippen LogP contribution in [0, 0.1) is 5.92 Å². The van der Waals surface area contributed by atoms with Crippen LogP contribution < -0.4 is 0 Å². The number of aliphatic hydroxyl groups is 1. The molecule has 0 spiro atoms. The Bertz CT molecular complexity index is 468. The van der Waals surface area contributed by atoms with E-state index in [1.54, 1.807) is 0 Å². The van der Waals surface area contributed by atoms with Crippen LogP contribution in [0.1, 0.15) is 52.5 Å². The molecule has 0 aliphatic carbocycles. The maximum Gasteiger partial charge on any atom is 0.192 e. The summed E-state index contributed by atoms with van der Waals surface area (Å²) in [5, 5.41) is 9.78. The Hall–Kier alpha value is -0.683. The fourth-order valence-electron chi connectivity index (χ4n) is 2.45. The zero-order valence-corrected chi connectivity index (χ0v) is 18.0. The summed E-state index contributed by atoms with van der Waals surface area (Å²) in [5.74, 6) is 0.180. The Morgan fingerprint density at radius 1 is 1.08 bits per heavy atom. The van der Waals surface area contributed by atoms with Crippen LogP contribution in [0.5, 0.6) is 0 Å². The van der Waals surface area contributed by atoms with Crippen molar-refractivity contribution in [3.05, 3.63) is 35.9 Å². The van der Waals surface area contributed by atoms with E-state index in [1.807, 2.05) is 18.2 Å². The lowest BCUT2D eigenvalue weighted by Crippen LogP contribution is -2.46. The van der Waals surface area contributed by atoms with E-state index in [9.17, 15) is 5.11 Å². The predicted molar refractivity (Wildman–Crippen MR) is 108 cm³/mol. The van der Waals surface area contributed by atoms with Gasteiger partial charge in [0, 0.05) is 25.2 Å². The SMILES string of the molecule is C[C@H](CO)[C@@H](CCCCOCc1ccccc1)O[Si](C)(C)C(C)(C)C. The van der Waals surface area contributed by atoms with Gasteiger partial charge in [-0.1, -0.05) is 58.0 Å². The van der Waals surface area contributed by atoms with Gasteiger partial charge >= 0.3 is 0 Å². The highest BCUT2D eigenvalue weighted by atomic mass is 28.4. The fraction of sp³-hybridized carbons (Fsp3) is 0.714. The number of benzene rings is 1. The van der Waals surface area contributed by atoms with Crippen LogP contribution in [0.4, 0.5) is 0 Å². The van der Waals surface area contributed by atoms with E-state index < -0.39 is 8.32 Å². The van der Waals surface area contributed by atoms with Gasteiger partial charge in [0.1, 0.15) is 0 Å². The van der Waals surface area contributed by atoms with Crippen LogP contribution in [0.2, 0.25) is 18.1 Å². The minimum atomic E-state index is -1.81. The Kier molecular flexibility index (Phi) is 9.36. The standard InChI is InChI=1S/C21H38O3Si/c1-18(16-22)20(24-25(5,6)21(2,3)4)14-10-11-15-23-17-19-12-8-7-9-13-19/h7-9,12-13,18,20,22H,10-11,14-17H2,1-6H3/t18-,20-/m1/s1. The summed E-state index contributed by atoms with van der Waals surface area (Å²) in [5.41, 5.74) is 1.22. The first-order valence-electron chi connectivity index (χ1n) is 9.57. The van der Waals surface area contributed by atoms with Crippen molar-refractivity contribution in [2.24, 2.45) is 5.92 Å². The van der Waals surface area contributed by atoms with E-state index in [-0.39, 0.29) is 23.7 Å². The van der Waals surface area contributed by atoms with E-state index in [4.69, 9.17) is 9.16 Å². The first-order valence-corrected chi connectivity index (χ1v) is 12.5. The molecule has 0 aliphatic rings. The van der Waals surface area contributed by atoms with Gasteiger partial charge in [-0.3, -0.25) is 0 Å². The molecule has 0 aromatic heterocycles. The van der Waals surface area contributed by atoms with Crippen molar-refractivity contribution in [2.45, 2.75) is 77.8 Å². The van der Waals surface area contributed by atoms with Gasteiger partial charge in [-0.15, -0.1) is 0 Å². The van der Waals surface area contributed by atoms with E-state index in [1.165, 1.54) is 5.56 Å². The van der Waals surface area contributed by atoms with Crippen molar-refractivity contribution in [3.63, 3.8) is 0 Å². The molecule has 144 valence electrons. The minimum absolute atomic E-state index is 0.139. The van der Waals surface area contributed by atoms with Crippen molar-refractivity contribution < 1.29 is 14.3 Å². The second-order valence-corrected chi connectivity index (χ2v) is 13.4. The number of unbranched alkanes of at least 4 members (excludes halogenated alkanes) is 1. The van der Waals surface area contributed by atoms with Crippen molar-refractivity contribution in [2.75, 3.05) is 13.2 Å². The first kappa shape index (κ1) is 22.4. The Morgan fingerprint density at radius 2 is 1.72 bits per heavy atom. The molecule has 1 N–H and O–H groups in total. The number of ether oxygens (including phenoxy) is 1. The van der Waals surface area contributed by atoms with Gasteiger partial charge < -0.3 is 14.3 Å². The molecule has 0 bridgehead atoms.